The Balaban J connectivity index is 3.13. The molecule has 8 heteroatoms. The number of hydrogen-bond acceptors (Lipinski definition) is 5. The lowest BCUT2D eigenvalue weighted by atomic mass is 10.0. The number of aliphatic hydroxyl groups is 1. The molecule has 0 heterocycles. The molecular formula is C12H15FN2O5. The van der Waals surface area contributed by atoms with Gasteiger partial charge < -0.3 is 15.5 Å². The van der Waals surface area contributed by atoms with E-state index in [0.29, 0.717) is 12.5 Å². The molecule has 0 fully saturated rings. The predicted octanol–water partition coefficient (Wildman–Crippen LogP) is 2.00. The van der Waals surface area contributed by atoms with Crippen LogP contribution in [0.3, 0.4) is 0 Å². The number of hydrogen-bond donors (Lipinski definition) is 3. The maximum atomic E-state index is 13.7. The molecule has 1 unspecified atom stereocenters. The Morgan fingerprint density at radius 2 is 2.15 bits per heavy atom. The molecule has 0 aromatic heterocycles. The van der Waals surface area contributed by atoms with Gasteiger partial charge in [0.15, 0.2) is 5.82 Å². The fourth-order valence-corrected chi connectivity index (χ4v) is 1.43. The van der Waals surface area contributed by atoms with Crippen molar-refractivity contribution in [1.82, 2.24) is 0 Å². The van der Waals surface area contributed by atoms with E-state index in [1.165, 1.54) is 6.92 Å². The van der Waals surface area contributed by atoms with Crippen LogP contribution in [0.4, 0.5) is 15.8 Å². The number of nitrogens with zero attached hydrogens (tertiary/aromatic N) is 1. The summed E-state index contributed by atoms with van der Waals surface area (Å²) in [5, 5.41) is 31.9. The first-order valence-corrected chi connectivity index (χ1v) is 5.85. The predicted molar refractivity (Wildman–Crippen MR) is 69.4 cm³/mol. The molecule has 0 saturated carbocycles. The van der Waals surface area contributed by atoms with Crippen molar-refractivity contribution in [2.75, 3.05) is 11.9 Å². The summed E-state index contributed by atoms with van der Waals surface area (Å²) in [5.74, 6) is -2.48. The number of aromatic carboxylic acids is 1. The summed E-state index contributed by atoms with van der Waals surface area (Å²) in [7, 11) is 0. The first-order chi connectivity index (χ1) is 9.18. The van der Waals surface area contributed by atoms with Crippen molar-refractivity contribution in [2.24, 2.45) is 0 Å². The zero-order valence-corrected chi connectivity index (χ0v) is 11.0. The van der Waals surface area contributed by atoms with Gasteiger partial charge in [-0.05, 0) is 19.4 Å². The lowest BCUT2D eigenvalue weighted by Gasteiger charge is -2.22. The third-order valence-corrected chi connectivity index (χ3v) is 2.93. The third-order valence-electron chi connectivity index (χ3n) is 2.93. The molecule has 1 aromatic carbocycles. The minimum absolute atomic E-state index is 0.0166. The number of halogens is 1. The van der Waals surface area contributed by atoms with E-state index in [1.54, 1.807) is 6.92 Å². The van der Waals surface area contributed by atoms with Gasteiger partial charge in [0, 0.05) is 6.54 Å². The molecule has 0 spiro atoms. The Labute approximate surface area is 114 Å². The van der Waals surface area contributed by atoms with E-state index in [9.17, 15) is 24.4 Å². The van der Waals surface area contributed by atoms with Crippen LogP contribution >= 0.6 is 0 Å². The number of anilines is 1. The number of rotatable bonds is 6. The first kappa shape index (κ1) is 15.8. The Hall–Kier alpha value is -2.22. The standard InChI is InChI=1S/C12H15FN2O5/c1-3-12(2,18)6-14-9-4-7(11(16)17)10(15(19)20)5-8(9)13/h4-5,14,18H,3,6H2,1-2H3,(H,16,17). The van der Waals surface area contributed by atoms with Gasteiger partial charge in [-0.1, -0.05) is 6.92 Å². The molecule has 3 N–H and O–H groups in total. The topological polar surface area (TPSA) is 113 Å². The van der Waals surface area contributed by atoms with Gasteiger partial charge in [0.1, 0.15) is 5.56 Å². The number of carboxylic acid groups (broad SMARTS) is 1. The van der Waals surface area contributed by atoms with Gasteiger partial charge >= 0.3 is 5.97 Å². The van der Waals surface area contributed by atoms with Gasteiger partial charge in [0.2, 0.25) is 0 Å². The normalized spacial score (nSPS) is 13.6. The molecule has 0 aliphatic rings. The molecule has 1 aromatic rings. The summed E-state index contributed by atoms with van der Waals surface area (Å²) in [6, 6.07) is 1.40. The van der Waals surface area contributed by atoms with Crippen LogP contribution < -0.4 is 5.32 Å². The number of benzene rings is 1. The highest BCUT2D eigenvalue weighted by molar-refractivity contribution is 5.93. The van der Waals surface area contributed by atoms with Crippen molar-refractivity contribution in [2.45, 2.75) is 25.9 Å². The van der Waals surface area contributed by atoms with Crippen LogP contribution in [0.1, 0.15) is 30.6 Å². The summed E-state index contributed by atoms with van der Waals surface area (Å²) in [6.07, 6.45) is 0.403. The van der Waals surface area contributed by atoms with Crippen LogP contribution in [-0.4, -0.2) is 33.3 Å². The summed E-state index contributed by atoms with van der Waals surface area (Å²) in [6.45, 7) is 3.25. The van der Waals surface area contributed by atoms with Crippen molar-refractivity contribution in [3.63, 3.8) is 0 Å². The monoisotopic (exact) mass is 286 g/mol. The summed E-state index contributed by atoms with van der Waals surface area (Å²) in [4.78, 5) is 20.7. The van der Waals surface area contributed by atoms with Crippen molar-refractivity contribution in [3.05, 3.63) is 33.6 Å². The van der Waals surface area contributed by atoms with Crippen molar-refractivity contribution in [1.29, 1.82) is 0 Å². The van der Waals surface area contributed by atoms with Gasteiger partial charge in [-0.25, -0.2) is 9.18 Å². The Morgan fingerprint density at radius 1 is 1.55 bits per heavy atom. The summed E-state index contributed by atoms with van der Waals surface area (Å²) in [5.41, 5.74) is -2.74. The smallest absolute Gasteiger partial charge is 0.342 e. The minimum atomic E-state index is -1.53. The first-order valence-electron chi connectivity index (χ1n) is 5.85. The SMILES string of the molecule is CCC(C)(O)CNc1cc(C(=O)O)c([N+](=O)[O-])cc1F. The highest BCUT2D eigenvalue weighted by Gasteiger charge is 2.24. The lowest BCUT2D eigenvalue weighted by molar-refractivity contribution is -0.385. The van der Waals surface area contributed by atoms with E-state index < -0.39 is 33.6 Å². The maximum Gasteiger partial charge on any atom is 0.342 e. The molecule has 110 valence electrons. The fraction of sp³-hybridized carbons (Fsp3) is 0.417. The molecular weight excluding hydrogens is 271 g/mol. The second-order valence-electron chi connectivity index (χ2n) is 4.62. The van der Waals surface area contributed by atoms with Crippen LogP contribution in [0.25, 0.3) is 0 Å². The molecule has 0 bridgehead atoms. The number of carbonyl (C=O) groups is 1. The largest absolute Gasteiger partial charge is 0.477 e. The molecule has 0 radical (unpaired) electrons. The molecule has 0 saturated heterocycles. The highest BCUT2D eigenvalue weighted by Crippen LogP contribution is 2.26. The van der Waals surface area contributed by atoms with Gasteiger partial charge in [-0.2, -0.15) is 0 Å². The number of nitro benzene ring substituents is 1. The second kappa shape index (κ2) is 5.83. The van der Waals surface area contributed by atoms with E-state index in [2.05, 4.69) is 5.32 Å². The third kappa shape index (κ3) is 3.64. The minimum Gasteiger partial charge on any atom is -0.477 e. The molecule has 1 atom stereocenters. The van der Waals surface area contributed by atoms with Crippen LogP contribution in [0.5, 0.6) is 0 Å². The van der Waals surface area contributed by atoms with Crippen molar-refractivity contribution in [3.8, 4) is 0 Å². The van der Waals surface area contributed by atoms with E-state index in [-0.39, 0.29) is 12.2 Å². The Bertz CT molecular complexity index is 545. The molecule has 1 rings (SSSR count). The number of carboxylic acids is 1. The zero-order valence-electron chi connectivity index (χ0n) is 11.0. The average molecular weight is 286 g/mol. The highest BCUT2D eigenvalue weighted by atomic mass is 19.1. The van der Waals surface area contributed by atoms with Crippen LogP contribution in [0, 0.1) is 15.9 Å². The van der Waals surface area contributed by atoms with E-state index >= 15 is 0 Å². The fourth-order valence-electron chi connectivity index (χ4n) is 1.43. The van der Waals surface area contributed by atoms with E-state index in [1.807, 2.05) is 0 Å². The maximum absolute atomic E-state index is 13.7. The van der Waals surface area contributed by atoms with Crippen molar-refractivity contribution < 1.29 is 24.3 Å². The molecule has 20 heavy (non-hydrogen) atoms. The number of nitrogens with one attached hydrogen (secondary N) is 1. The van der Waals surface area contributed by atoms with Gasteiger partial charge in [-0.3, -0.25) is 10.1 Å². The molecule has 0 aliphatic carbocycles. The second-order valence-corrected chi connectivity index (χ2v) is 4.62. The van der Waals surface area contributed by atoms with Crippen LogP contribution in [0.2, 0.25) is 0 Å². The number of nitro groups is 1. The quantitative estimate of drug-likeness (QED) is 0.544. The van der Waals surface area contributed by atoms with E-state index in [4.69, 9.17) is 5.11 Å². The average Bonchev–Trinajstić information content (AvgIpc) is 2.36. The van der Waals surface area contributed by atoms with Crippen LogP contribution in [-0.2, 0) is 0 Å². The summed E-state index contributed by atoms with van der Waals surface area (Å²) >= 11 is 0. The van der Waals surface area contributed by atoms with Gasteiger partial charge in [-0.15, -0.1) is 0 Å². The lowest BCUT2D eigenvalue weighted by Crippen LogP contribution is -2.32. The van der Waals surface area contributed by atoms with Crippen LogP contribution in [0.15, 0.2) is 12.1 Å². The molecule has 0 amide bonds. The summed E-state index contributed by atoms with van der Waals surface area (Å²) < 4.78 is 13.7. The molecule has 7 nitrogen and oxygen atoms in total. The Kier molecular flexibility index (Phi) is 4.61. The zero-order chi connectivity index (χ0) is 15.5. The van der Waals surface area contributed by atoms with Gasteiger partial charge in [0.25, 0.3) is 5.69 Å². The van der Waals surface area contributed by atoms with E-state index in [0.717, 1.165) is 6.07 Å². The molecule has 0 aliphatic heterocycles. The van der Waals surface area contributed by atoms with Crippen molar-refractivity contribution >= 4 is 17.3 Å². The Morgan fingerprint density at radius 3 is 2.60 bits per heavy atom. The van der Waals surface area contributed by atoms with Gasteiger partial charge in [0.05, 0.1) is 22.3 Å².